The summed E-state index contributed by atoms with van der Waals surface area (Å²) in [5.41, 5.74) is 2.38. The highest BCUT2D eigenvalue weighted by atomic mass is 32.2. The maximum absolute atomic E-state index is 12.6. The van der Waals surface area contributed by atoms with Gasteiger partial charge in [-0.15, -0.1) is 0 Å². The van der Waals surface area contributed by atoms with E-state index >= 15 is 0 Å². The molecule has 2 N–H and O–H groups in total. The summed E-state index contributed by atoms with van der Waals surface area (Å²) in [5.74, 6) is 0.441. The van der Waals surface area contributed by atoms with Gasteiger partial charge in [-0.25, -0.2) is 8.42 Å². The summed E-state index contributed by atoms with van der Waals surface area (Å²) in [6, 6.07) is 8.39. The lowest BCUT2D eigenvalue weighted by atomic mass is 10.0. The molecular formula is C17H19N3O5S. The minimum atomic E-state index is -3.89. The number of methoxy groups -OCH3 is 1. The number of fused-ring (bicyclic) bond motifs is 1. The minimum absolute atomic E-state index is 0.0539. The SMILES string of the molecule is COc1cc2c(cc1NS(=O)(=O)c1ccc([N+](=O)[O-])cc1)CCNCC2. The zero-order chi connectivity index (χ0) is 18.7. The lowest BCUT2D eigenvalue weighted by Crippen LogP contribution is -2.16. The highest BCUT2D eigenvalue weighted by molar-refractivity contribution is 7.92. The van der Waals surface area contributed by atoms with Crippen molar-refractivity contribution in [2.24, 2.45) is 0 Å². The zero-order valence-corrected chi connectivity index (χ0v) is 15.0. The van der Waals surface area contributed by atoms with Gasteiger partial charge in [0.15, 0.2) is 0 Å². The Morgan fingerprint density at radius 1 is 1.12 bits per heavy atom. The van der Waals surface area contributed by atoms with E-state index in [9.17, 15) is 18.5 Å². The van der Waals surface area contributed by atoms with Crippen molar-refractivity contribution in [2.45, 2.75) is 17.7 Å². The molecule has 0 aromatic heterocycles. The average molecular weight is 377 g/mol. The second-order valence-electron chi connectivity index (χ2n) is 5.93. The molecule has 3 rings (SSSR count). The number of nitrogens with one attached hydrogen (secondary N) is 2. The van der Waals surface area contributed by atoms with Crippen LogP contribution in [0.3, 0.4) is 0 Å². The molecule has 0 saturated heterocycles. The molecule has 0 aliphatic carbocycles. The summed E-state index contributed by atoms with van der Waals surface area (Å²) in [4.78, 5) is 10.1. The molecule has 9 heteroatoms. The number of ether oxygens (including phenoxy) is 1. The highest BCUT2D eigenvalue weighted by Gasteiger charge is 2.20. The molecular weight excluding hydrogens is 358 g/mol. The third-order valence-corrected chi connectivity index (χ3v) is 5.65. The molecule has 8 nitrogen and oxygen atoms in total. The number of nitro benzene ring substituents is 1. The molecule has 1 heterocycles. The molecule has 0 unspecified atom stereocenters. The van der Waals surface area contributed by atoms with Gasteiger partial charge in [0.25, 0.3) is 15.7 Å². The Hall–Kier alpha value is -2.65. The number of hydrogen-bond acceptors (Lipinski definition) is 6. The Kier molecular flexibility index (Phi) is 5.10. The predicted octanol–water partition coefficient (Wildman–Crippen LogP) is 2.09. The van der Waals surface area contributed by atoms with E-state index in [0.717, 1.165) is 49.2 Å². The fraction of sp³-hybridized carbons (Fsp3) is 0.294. The molecule has 1 aliphatic rings. The van der Waals surface area contributed by atoms with Gasteiger partial charge < -0.3 is 10.1 Å². The van der Waals surface area contributed by atoms with Crippen LogP contribution in [0.15, 0.2) is 41.3 Å². The van der Waals surface area contributed by atoms with Crippen molar-refractivity contribution < 1.29 is 18.1 Å². The van der Waals surface area contributed by atoms with Crippen LogP contribution in [0.1, 0.15) is 11.1 Å². The first-order valence-electron chi connectivity index (χ1n) is 8.08. The van der Waals surface area contributed by atoms with Crippen LogP contribution in [0.4, 0.5) is 11.4 Å². The van der Waals surface area contributed by atoms with Crippen LogP contribution in [-0.2, 0) is 22.9 Å². The van der Waals surface area contributed by atoms with E-state index in [1.54, 1.807) is 6.07 Å². The standard InChI is InChI=1S/C17H19N3O5S/c1-25-17-11-13-7-9-18-8-6-12(13)10-16(17)19-26(23,24)15-4-2-14(3-5-15)20(21)22/h2-5,10-11,18-19H,6-9H2,1H3. The van der Waals surface area contributed by atoms with Crippen molar-refractivity contribution in [3.63, 3.8) is 0 Å². The third-order valence-electron chi connectivity index (χ3n) is 4.27. The Morgan fingerprint density at radius 2 is 1.73 bits per heavy atom. The Labute approximate surface area is 151 Å². The van der Waals surface area contributed by atoms with E-state index in [0.29, 0.717) is 11.4 Å². The Morgan fingerprint density at radius 3 is 2.31 bits per heavy atom. The first-order chi connectivity index (χ1) is 12.4. The largest absolute Gasteiger partial charge is 0.495 e. The fourth-order valence-corrected chi connectivity index (χ4v) is 3.96. The summed E-state index contributed by atoms with van der Waals surface area (Å²) in [6.07, 6.45) is 1.65. The smallest absolute Gasteiger partial charge is 0.269 e. The maximum atomic E-state index is 12.6. The number of non-ortho nitro benzene ring substituents is 1. The molecule has 2 aromatic rings. The lowest BCUT2D eigenvalue weighted by Gasteiger charge is -2.15. The van der Waals surface area contributed by atoms with Gasteiger partial charge in [0.1, 0.15) is 5.75 Å². The summed E-state index contributed by atoms with van der Waals surface area (Å²) in [6.45, 7) is 1.69. The predicted molar refractivity (Wildman–Crippen MR) is 97.2 cm³/mol. The second-order valence-corrected chi connectivity index (χ2v) is 7.61. The van der Waals surface area contributed by atoms with Gasteiger partial charge in [0.2, 0.25) is 0 Å². The van der Waals surface area contributed by atoms with E-state index < -0.39 is 14.9 Å². The van der Waals surface area contributed by atoms with Crippen molar-refractivity contribution in [3.05, 3.63) is 57.6 Å². The van der Waals surface area contributed by atoms with Crippen LogP contribution in [0.2, 0.25) is 0 Å². The van der Waals surface area contributed by atoms with Crippen molar-refractivity contribution >= 4 is 21.4 Å². The van der Waals surface area contributed by atoms with E-state index in [2.05, 4.69) is 10.0 Å². The van der Waals surface area contributed by atoms with E-state index in [1.807, 2.05) is 6.07 Å². The molecule has 0 saturated carbocycles. The maximum Gasteiger partial charge on any atom is 0.269 e. The van der Waals surface area contributed by atoms with Gasteiger partial charge in [0, 0.05) is 12.1 Å². The molecule has 0 fully saturated rings. The van der Waals surface area contributed by atoms with E-state index in [-0.39, 0.29) is 10.6 Å². The van der Waals surface area contributed by atoms with Crippen LogP contribution >= 0.6 is 0 Å². The number of benzene rings is 2. The van der Waals surface area contributed by atoms with Crippen LogP contribution in [-0.4, -0.2) is 33.5 Å². The van der Waals surface area contributed by atoms with Gasteiger partial charge in [-0.05, 0) is 61.3 Å². The second kappa shape index (κ2) is 7.30. The van der Waals surface area contributed by atoms with Crippen LogP contribution in [0.5, 0.6) is 5.75 Å². The molecule has 0 amide bonds. The van der Waals surface area contributed by atoms with Gasteiger partial charge >= 0.3 is 0 Å². The molecule has 138 valence electrons. The summed E-state index contributed by atoms with van der Waals surface area (Å²) >= 11 is 0. The van der Waals surface area contributed by atoms with Gasteiger partial charge in [-0.2, -0.15) is 0 Å². The van der Waals surface area contributed by atoms with Crippen LogP contribution in [0, 0.1) is 10.1 Å². The normalized spacial score (nSPS) is 14.2. The van der Waals surface area contributed by atoms with Crippen molar-refractivity contribution in [2.75, 3.05) is 24.9 Å². The molecule has 0 bridgehead atoms. The van der Waals surface area contributed by atoms with Gasteiger partial charge in [-0.1, -0.05) is 0 Å². The molecule has 0 atom stereocenters. The first kappa shape index (κ1) is 18.2. The molecule has 2 aromatic carbocycles. The Balaban J connectivity index is 1.93. The Bertz CT molecular complexity index is 926. The number of rotatable bonds is 5. The lowest BCUT2D eigenvalue weighted by molar-refractivity contribution is -0.384. The van der Waals surface area contributed by atoms with E-state index in [1.165, 1.54) is 19.2 Å². The number of sulfonamides is 1. The van der Waals surface area contributed by atoms with Crippen LogP contribution in [0.25, 0.3) is 0 Å². The topological polar surface area (TPSA) is 111 Å². The van der Waals surface area contributed by atoms with Gasteiger partial charge in [0.05, 0.1) is 22.6 Å². The van der Waals surface area contributed by atoms with E-state index in [4.69, 9.17) is 4.74 Å². The summed E-state index contributed by atoms with van der Waals surface area (Å²) < 4.78 is 33.2. The first-order valence-corrected chi connectivity index (χ1v) is 9.57. The van der Waals surface area contributed by atoms with Crippen molar-refractivity contribution in [3.8, 4) is 5.75 Å². The van der Waals surface area contributed by atoms with Crippen molar-refractivity contribution in [1.82, 2.24) is 5.32 Å². The number of anilines is 1. The molecule has 1 aliphatic heterocycles. The monoisotopic (exact) mass is 377 g/mol. The number of hydrogen-bond donors (Lipinski definition) is 2. The van der Waals surface area contributed by atoms with Gasteiger partial charge in [-0.3, -0.25) is 14.8 Å². The summed E-state index contributed by atoms with van der Waals surface area (Å²) in [5, 5.41) is 14.0. The highest BCUT2D eigenvalue weighted by Crippen LogP contribution is 2.32. The average Bonchev–Trinajstić information content (AvgIpc) is 2.85. The molecule has 0 radical (unpaired) electrons. The quantitative estimate of drug-likeness (QED) is 0.610. The third kappa shape index (κ3) is 3.78. The number of nitro groups is 1. The fourth-order valence-electron chi connectivity index (χ4n) is 2.90. The van der Waals surface area contributed by atoms with Crippen LogP contribution < -0.4 is 14.8 Å². The zero-order valence-electron chi connectivity index (χ0n) is 14.2. The molecule has 26 heavy (non-hydrogen) atoms. The number of nitrogens with zero attached hydrogens (tertiary/aromatic N) is 1. The minimum Gasteiger partial charge on any atom is -0.495 e. The molecule has 0 spiro atoms. The summed E-state index contributed by atoms with van der Waals surface area (Å²) in [7, 11) is -2.41. The van der Waals surface area contributed by atoms with Crippen molar-refractivity contribution in [1.29, 1.82) is 0 Å².